The van der Waals surface area contributed by atoms with Gasteiger partial charge in [-0.2, -0.15) is 0 Å². The van der Waals surface area contributed by atoms with Crippen molar-refractivity contribution in [2.45, 2.75) is 0 Å². The number of aliphatic carboxylic acids is 1. The van der Waals surface area contributed by atoms with Gasteiger partial charge >= 0.3 is 12.0 Å². The van der Waals surface area contributed by atoms with Crippen LogP contribution in [0.4, 0.5) is 10.5 Å². The maximum absolute atomic E-state index is 11.8. The standard InChI is InChI=1S/C11H12Br2N2O4/c1-15(5-10(16)17)11(18)14-8-4-9(19-2)7(13)3-6(8)12/h3-4H,5H2,1-2H3,(H,14,18)(H,16,17). The molecule has 0 spiro atoms. The first kappa shape index (κ1) is 15.8. The van der Waals surface area contributed by atoms with E-state index < -0.39 is 12.0 Å². The number of urea groups is 1. The molecule has 0 aromatic heterocycles. The number of carboxylic acids is 1. The quantitative estimate of drug-likeness (QED) is 0.821. The number of nitrogens with zero attached hydrogens (tertiary/aromatic N) is 1. The Balaban J connectivity index is 2.87. The Hall–Kier alpha value is -1.28. The number of nitrogens with one attached hydrogen (secondary N) is 1. The van der Waals surface area contributed by atoms with Gasteiger partial charge in [0.05, 0.1) is 17.3 Å². The average Bonchev–Trinajstić information content (AvgIpc) is 2.31. The molecule has 0 saturated heterocycles. The second kappa shape index (κ2) is 6.76. The predicted molar refractivity (Wildman–Crippen MR) is 77.7 cm³/mol. The molecule has 8 heteroatoms. The lowest BCUT2D eigenvalue weighted by Gasteiger charge is -2.17. The van der Waals surface area contributed by atoms with E-state index in [1.54, 1.807) is 12.1 Å². The number of carboxylic acid groups (broad SMARTS) is 1. The molecule has 19 heavy (non-hydrogen) atoms. The SMILES string of the molecule is COc1cc(NC(=O)N(C)CC(=O)O)c(Br)cc1Br. The number of halogens is 2. The number of carbonyl (C=O) groups is 2. The molecule has 2 N–H and O–H groups in total. The number of ether oxygens (including phenoxy) is 1. The summed E-state index contributed by atoms with van der Waals surface area (Å²) in [4.78, 5) is 23.3. The number of methoxy groups -OCH3 is 1. The smallest absolute Gasteiger partial charge is 0.323 e. The molecular formula is C11H12Br2N2O4. The zero-order valence-corrected chi connectivity index (χ0v) is 13.4. The van der Waals surface area contributed by atoms with Crippen LogP contribution in [0.15, 0.2) is 21.1 Å². The van der Waals surface area contributed by atoms with Gasteiger partial charge in [0.1, 0.15) is 12.3 Å². The Kier molecular flexibility index (Phi) is 5.61. The molecule has 6 nitrogen and oxygen atoms in total. The van der Waals surface area contributed by atoms with Gasteiger partial charge in [0.2, 0.25) is 0 Å². The lowest BCUT2D eigenvalue weighted by atomic mass is 10.3. The van der Waals surface area contributed by atoms with E-state index in [2.05, 4.69) is 37.2 Å². The molecule has 0 fully saturated rings. The number of likely N-dealkylation sites (N-methyl/N-ethyl adjacent to an activating group) is 1. The third-order valence-electron chi connectivity index (χ3n) is 2.20. The molecule has 0 saturated carbocycles. The van der Waals surface area contributed by atoms with E-state index in [0.29, 0.717) is 15.9 Å². The first-order chi connectivity index (χ1) is 8.85. The molecule has 0 aliphatic rings. The molecule has 0 bridgehead atoms. The number of rotatable bonds is 4. The van der Waals surface area contributed by atoms with Crippen molar-refractivity contribution in [3.63, 3.8) is 0 Å². The third-order valence-corrected chi connectivity index (χ3v) is 3.48. The molecule has 1 rings (SSSR count). The van der Waals surface area contributed by atoms with E-state index in [9.17, 15) is 9.59 Å². The summed E-state index contributed by atoms with van der Waals surface area (Å²) in [6.07, 6.45) is 0. The fraction of sp³-hybridized carbons (Fsp3) is 0.273. The number of carbonyl (C=O) groups excluding carboxylic acids is 1. The van der Waals surface area contributed by atoms with Crippen molar-refractivity contribution >= 4 is 49.5 Å². The molecule has 0 aliphatic heterocycles. The maximum atomic E-state index is 11.8. The van der Waals surface area contributed by atoms with Crippen molar-refractivity contribution in [2.75, 3.05) is 26.0 Å². The Bertz CT molecular complexity index is 508. The zero-order valence-electron chi connectivity index (χ0n) is 10.2. The lowest BCUT2D eigenvalue weighted by molar-refractivity contribution is -0.137. The summed E-state index contributed by atoms with van der Waals surface area (Å²) in [6, 6.07) is 2.83. The highest BCUT2D eigenvalue weighted by Gasteiger charge is 2.15. The number of hydrogen-bond donors (Lipinski definition) is 2. The highest BCUT2D eigenvalue weighted by molar-refractivity contribution is 9.11. The third kappa shape index (κ3) is 4.39. The molecular weight excluding hydrogens is 384 g/mol. The first-order valence-corrected chi connectivity index (χ1v) is 6.70. The summed E-state index contributed by atoms with van der Waals surface area (Å²) in [5.74, 6) is -0.524. The van der Waals surface area contributed by atoms with Gasteiger partial charge in [-0.05, 0) is 37.9 Å². The van der Waals surface area contributed by atoms with E-state index >= 15 is 0 Å². The number of amides is 2. The largest absolute Gasteiger partial charge is 0.495 e. The van der Waals surface area contributed by atoms with E-state index in [-0.39, 0.29) is 6.54 Å². The Morgan fingerprint density at radius 2 is 2.00 bits per heavy atom. The van der Waals surface area contributed by atoms with Gasteiger partial charge in [-0.1, -0.05) is 0 Å². The highest BCUT2D eigenvalue weighted by atomic mass is 79.9. The molecule has 0 atom stereocenters. The van der Waals surface area contributed by atoms with Crippen LogP contribution in [0.5, 0.6) is 5.75 Å². The van der Waals surface area contributed by atoms with Crippen LogP contribution in [0.3, 0.4) is 0 Å². The van der Waals surface area contributed by atoms with Gasteiger partial charge in [0.15, 0.2) is 0 Å². The Labute approximate surface area is 127 Å². The summed E-state index contributed by atoms with van der Waals surface area (Å²) >= 11 is 6.62. The molecule has 0 radical (unpaired) electrons. The van der Waals surface area contributed by atoms with Crippen LogP contribution in [0, 0.1) is 0 Å². The second-order valence-electron chi connectivity index (χ2n) is 3.65. The Morgan fingerprint density at radius 3 is 2.53 bits per heavy atom. The minimum absolute atomic E-state index is 0.378. The van der Waals surface area contributed by atoms with Crippen molar-refractivity contribution in [3.05, 3.63) is 21.1 Å². The van der Waals surface area contributed by atoms with E-state index in [1.807, 2.05) is 0 Å². The lowest BCUT2D eigenvalue weighted by Crippen LogP contribution is -2.35. The molecule has 104 valence electrons. The van der Waals surface area contributed by atoms with Gasteiger partial charge in [-0.25, -0.2) is 4.79 Å². The summed E-state index contributed by atoms with van der Waals surface area (Å²) in [5, 5.41) is 11.2. The zero-order chi connectivity index (χ0) is 14.6. The van der Waals surface area contributed by atoms with E-state index in [0.717, 1.165) is 9.37 Å². The van der Waals surface area contributed by atoms with Crippen LogP contribution >= 0.6 is 31.9 Å². The van der Waals surface area contributed by atoms with Gasteiger partial charge in [0, 0.05) is 17.6 Å². The van der Waals surface area contributed by atoms with Gasteiger partial charge in [-0.3, -0.25) is 4.79 Å². The topological polar surface area (TPSA) is 78.9 Å². The number of anilines is 1. The number of benzene rings is 1. The van der Waals surface area contributed by atoms with Crippen molar-refractivity contribution in [3.8, 4) is 5.75 Å². The van der Waals surface area contributed by atoms with Crippen LogP contribution in [0.1, 0.15) is 0 Å². The summed E-state index contributed by atoms with van der Waals surface area (Å²) in [6.45, 7) is -0.378. The fourth-order valence-corrected chi connectivity index (χ4v) is 2.52. The number of hydrogen-bond acceptors (Lipinski definition) is 3. The van der Waals surface area contributed by atoms with Crippen molar-refractivity contribution in [2.24, 2.45) is 0 Å². The first-order valence-electron chi connectivity index (χ1n) is 5.12. The summed E-state index contributed by atoms with van der Waals surface area (Å²) in [7, 11) is 2.91. The minimum atomic E-state index is -1.08. The molecule has 2 amide bonds. The van der Waals surface area contributed by atoms with Gasteiger partial charge in [0.25, 0.3) is 0 Å². The maximum Gasteiger partial charge on any atom is 0.323 e. The molecule has 0 aliphatic carbocycles. The molecule has 1 aromatic rings. The van der Waals surface area contributed by atoms with Crippen LogP contribution in [-0.2, 0) is 4.79 Å². The monoisotopic (exact) mass is 394 g/mol. The van der Waals surface area contributed by atoms with Crippen molar-refractivity contribution < 1.29 is 19.4 Å². The van der Waals surface area contributed by atoms with Gasteiger partial charge in [-0.15, -0.1) is 0 Å². The fourth-order valence-electron chi connectivity index (χ4n) is 1.27. The van der Waals surface area contributed by atoms with Crippen LogP contribution in [-0.4, -0.2) is 42.7 Å². The van der Waals surface area contributed by atoms with Crippen LogP contribution < -0.4 is 10.1 Å². The van der Waals surface area contributed by atoms with Crippen molar-refractivity contribution in [1.82, 2.24) is 4.90 Å². The van der Waals surface area contributed by atoms with Gasteiger partial charge < -0.3 is 20.1 Å². The predicted octanol–water partition coefficient (Wildman–Crippen LogP) is 2.77. The van der Waals surface area contributed by atoms with Crippen LogP contribution in [0.2, 0.25) is 0 Å². The normalized spacial score (nSPS) is 9.89. The van der Waals surface area contributed by atoms with E-state index in [1.165, 1.54) is 14.2 Å². The summed E-state index contributed by atoms with van der Waals surface area (Å²) in [5.41, 5.74) is 0.488. The molecule has 0 heterocycles. The van der Waals surface area contributed by atoms with Crippen molar-refractivity contribution in [1.29, 1.82) is 0 Å². The minimum Gasteiger partial charge on any atom is -0.495 e. The molecule has 0 unspecified atom stereocenters. The molecule has 1 aromatic carbocycles. The highest BCUT2D eigenvalue weighted by Crippen LogP contribution is 2.34. The average molecular weight is 396 g/mol. The summed E-state index contributed by atoms with van der Waals surface area (Å²) < 4.78 is 6.51. The Morgan fingerprint density at radius 1 is 1.37 bits per heavy atom. The van der Waals surface area contributed by atoms with E-state index in [4.69, 9.17) is 9.84 Å². The van der Waals surface area contributed by atoms with Crippen LogP contribution in [0.25, 0.3) is 0 Å². The second-order valence-corrected chi connectivity index (χ2v) is 5.36.